The van der Waals surface area contributed by atoms with E-state index in [1.807, 2.05) is 35.7 Å². The average Bonchev–Trinajstić information content (AvgIpc) is 3.13. The largest absolute Gasteiger partial charge is 0.506 e. The molecule has 1 aromatic heterocycles. The zero-order chi connectivity index (χ0) is 18.5. The van der Waals surface area contributed by atoms with E-state index >= 15 is 0 Å². The lowest BCUT2D eigenvalue weighted by molar-refractivity contribution is -0.902. The summed E-state index contributed by atoms with van der Waals surface area (Å²) in [6.45, 7) is 1.86. The first-order valence-corrected chi connectivity index (χ1v) is 9.43. The third kappa shape index (κ3) is 4.10. The molecule has 0 radical (unpaired) electrons. The Balaban J connectivity index is 1.73. The molecule has 6 nitrogen and oxygen atoms in total. The number of hydrogen-bond acceptors (Lipinski definition) is 5. The van der Waals surface area contributed by atoms with Crippen LogP contribution in [0.3, 0.4) is 0 Å². The van der Waals surface area contributed by atoms with Gasteiger partial charge in [0, 0.05) is 29.7 Å². The number of nitrogens with one attached hydrogen (secondary N) is 1. The van der Waals surface area contributed by atoms with Crippen LogP contribution in [0.5, 0.6) is 0 Å². The highest BCUT2D eigenvalue weighted by atomic mass is 32.1. The number of nitriles is 1. The van der Waals surface area contributed by atoms with Crippen LogP contribution in [0.2, 0.25) is 0 Å². The van der Waals surface area contributed by atoms with Crippen LogP contribution in [0.15, 0.2) is 41.5 Å². The lowest BCUT2D eigenvalue weighted by atomic mass is 9.96. The minimum absolute atomic E-state index is 0.0500. The van der Waals surface area contributed by atoms with Crippen molar-refractivity contribution in [1.82, 2.24) is 4.98 Å². The SMILES string of the molecule is N#C/C(=C(/O)C[NH+]1CCC(C(N)=O)CC1)c1nc(-c2ccccc2)cs1. The summed E-state index contributed by atoms with van der Waals surface area (Å²) in [5.74, 6) is -0.278. The average molecular weight is 369 g/mol. The van der Waals surface area contributed by atoms with Gasteiger partial charge in [-0.1, -0.05) is 30.3 Å². The standard InChI is InChI=1S/C19H20N4O2S/c20-10-15(17(24)11-23-8-6-14(7-9-23)18(21)25)19-22-16(12-26-19)13-4-2-1-3-5-13/h1-5,12,14,24H,6-9,11H2,(H2,21,25)/p+1/b17-15-. The van der Waals surface area contributed by atoms with Gasteiger partial charge in [-0.15, -0.1) is 11.3 Å². The molecule has 0 aliphatic carbocycles. The molecule has 4 N–H and O–H groups in total. The highest BCUT2D eigenvalue weighted by Gasteiger charge is 2.27. The molecule has 1 aromatic carbocycles. The summed E-state index contributed by atoms with van der Waals surface area (Å²) in [6.07, 6.45) is 1.44. The molecule has 1 amide bonds. The summed E-state index contributed by atoms with van der Waals surface area (Å²) >= 11 is 1.35. The van der Waals surface area contributed by atoms with Crippen LogP contribution in [-0.2, 0) is 4.79 Å². The Kier molecular flexibility index (Phi) is 5.66. The number of nitrogens with zero attached hydrogens (tertiary/aromatic N) is 2. The van der Waals surface area contributed by atoms with Gasteiger partial charge in [0.15, 0.2) is 5.76 Å². The smallest absolute Gasteiger partial charge is 0.220 e. The molecule has 0 atom stereocenters. The van der Waals surface area contributed by atoms with Crippen LogP contribution < -0.4 is 10.6 Å². The van der Waals surface area contributed by atoms with Gasteiger partial charge in [-0.25, -0.2) is 4.98 Å². The number of aliphatic hydroxyl groups is 1. The van der Waals surface area contributed by atoms with E-state index in [2.05, 4.69) is 11.1 Å². The number of aliphatic hydroxyl groups excluding tert-OH is 1. The Labute approximate surface area is 156 Å². The van der Waals surface area contributed by atoms with E-state index in [1.165, 1.54) is 11.3 Å². The van der Waals surface area contributed by atoms with Crippen LogP contribution in [0, 0.1) is 17.2 Å². The van der Waals surface area contributed by atoms with Gasteiger partial charge >= 0.3 is 0 Å². The number of aromatic nitrogens is 1. The molecular weight excluding hydrogens is 348 g/mol. The number of primary amides is 1. The summed E-state index contributed by atoms with van der Waals surface area (Å²) in [5, 5.41) is 22.4. The van der Waals surface area contributed by atoms with Crippen molar-refractivity contribution < 1.29 is 14.8 Å². The van der Waals surface area contributed by atoms with E-state index in [-0.39, 0.29) is 23.2 Å². The van der Waals surface area contributed by atoms with Crippen LogP contribution in [-0.4, -0.2) is 35.6 Å². The number of quaternary nitrogens is 1. The first-order chi connectivity index (χ1) is 12.6. The third-order valence-corrected chi connectivity index (χ3v) is 5.56. The predicted molar refractivity (Wildman–Crippen MR) is 100 cm³/mol. The molecule has 2 aromatic rings. The molecule has 7 heteroatoms. The summed E-state index contributed by atoms with van der Waals surface area (Å²) in [4.78, 5) is 16.9. The van der Waals surface area contributed by atoms with Crippen LogP contribution >= 0.6 is 11.3 Å². The number of piperidine rings is 1. The molecule has 0 unspecified atom stereocenters. The fraction of sp³-hybridized carbons (Fsp3) is 0.316. The lowest BCUT2D eigenvalue weighted by Gasteiger charge is -2.27. The first-order valence-electron chi connectivity index (χ1n) is 8.55. The number of amides is 1. The number of hydrogen-bond donors (Lipinski definition) is 3. The maximum atomic E-state index is 11.2. The fourth-order valence-electron chi connectivity index (χ4n) is 3.18. The molecule has 0 saturated carbocycles. The molecule has 2 heterocycles. The minimum Gasteiger partial charge on any atom is -0.506 e. The molecular formula is C19H21N4O2S+. The van der Waals surface area contributed by atoms with Crippen molar-refractivity contribution >= 4 is 22.8 Å². The van der Waals surface area contributed by atoms with Crippen LogP contribution in [0.4, 0.5) is 0 Å². The molecule has 3 rings (SSSR count). The number of thiazole rings is 1. The summed E-state index contributed by atoms with van der Waals surface area (Å²) in [5.41, 5.74) is 7.35. The van der Waals surface area contributed by atoms with Gasteiger partial charge in [0.25, 0.3) is 0 Å². The topological polar surface area (TPSA) is 104 Å². The first kappa shape index (κ1) is 18.1. The van der Waals surface area contributed by atoms with Crippen molar-refractivity contribution in [3.63, 3.8) is 0 Å². The van der Waals surface area contributed by atoms with E-state index in [9.17, 15) is 15.2 Å². The van der Waals surface area contributed by atoms with Gasteiger partial charge in [-0.05, 0) is 0 Å². The second-order valence-corrected chi connectivity index (χ2v) is 7.30. The molecule has 134 valence electrons. The van der Waals surface area contributed by atoms with E-state index in [4.69, 9.17) is 5.73 Å². The second kappa shape index (κ2) is 8.13. The van der Waals surface area contributed by atoms with E-state index < -0.39 is 0 Å². The number of rotatable bonds is 5. The number of carbonyl (C=O) groups is 1. The summed E-state index contributed by atoms with van der Waals surface area (Å²) in [7, 11) is 0. The number of nitrogens with two attached hydrogens (primary N) is 1. The minimum atomic E-state index is -0.252. The van der Waals surface area contributed by atoms with Crippen molar-refractivity contribution in [2.75, 3.05) is 19.6 Å². The summed E-state index contributed by atoms with van der Waals surface area (Å²) in [6, 6.07) is 11.8. The second-order valence-electron chi connectivity index (χ2n) is 6.44. The lowest BCUT2D eigenvalue weighted by Crippen LogP contribution is -3.13. The van der Waals surface area contributed by atoms with E-state index in [0.717, 1.165) is 42.1 Å². The van der Waals surface area contributed by atoms with E-state index in [0.29, 0.717) is 11.6 Å². The van der Waals surface area contributed by atoms with Crippen molar-refractivity contribution in [1.29, 1.82) is 5.26 Å². The van der Waals surface area contributed by atoms with Gasteiger partial charge in [-0.2, -0.15) is 5.26 Å². The van der Waals surface area contributed by atoms with Crippen LogP contribution in [0.25, 0.3) is 16.8 Å². The Hall–Kier alpha value is -2.69. The zero-order valence-corrected chi connectivity index (χ0v) is 15.1. The number of carbonyl (C=O) groups excluding carboxylic acids is 1. The number of allylic oxidation sites excluding steroid dienone is 1. The molecule has 0 spiro atoms. The Bertz CT molecular complexity index is 846. The Morgan fingerprint density at radius 3 is 2.65 bits per heavy atom. The quantitative estimate of drug-likeness (QED) is 0.547. The third-order valence-electron chi connectivity index (χ3n) is 4.70. The number of benzene rings is 1. The van der Waals surface area contributed by atoms with Gasteiger partial charge in [-0.3, -0.25) is 4.79 Å². The molecule has 0 bridgehead atoms. The maximum Gasteiger partial charge on any atom is 0.220 e. The normalized spacial score (nSPS) is 20.9. The monoisotopic (exact) mass is 369 g/mol. The molecule has 1 aliphatic heterocycles. The van der Waals surface area contributed by atoms with E-state index in [1.54, 1.807) is 0 Å². The van der Waals surface area contributed by atoms with Crippen molar-refractivity contribution in [3.8, 4) is 17.3 Å². The highest BCUT2D eigenvalue weighted by Crippen LogP contribution is 2.26. The van der Waals surface area contributed by atoms with Gasteiger partial charge in [0.1, 0.15) is 23.2 Å². The molecule has 1 aliphatic rings. The van der Waals surface area contributed by atoms with Crippen LogP contribution in [0.1, 0.15) is 17.8 Å². The van der Waals surface area contributed by atoms with Crippen molar-refractivity contribution in [2.45, 2.75) is 12.8 Å². The number of likely N-dealkylation sites (tertiary alicyclic amines) is 1. The molecule has 1 saturated heterocycles. The summed E-state index contributed by atoms with van der Waals surface area (Å²) < 4.78 is 0. The van der Waals surface area contributed by atoms with Gasteiger partial charge < -0.3 is 15.7 Å². The molecule has 1 fully saturated rings. The fourth-order valence-corrected chi connectivity index (χ4v) is 4.02. The molecule has 26 heavy (non-hydrogen) atoms. The highest BCUT2D eigenvalue weighted by molar-refractivity contribution is 7.11. The Morgan fingerprint density at radius 2 is 2.04 bits per heavy atom. The Morgan fingerprint density at radius 1 is 1.35 bits per heavy atom. The van der Waals surface area contributed by atoms with Gasteiger partial charge in [0.05, 0.1) is 18.8 Å². The van der Waals surface area contributed by atoms with Gasteiger partial charge in [0.2, 0.25) is 5.91 Å². The maximum absolute atomic E-state index is 11.2. The van der Waals surface area contributed by atoms with Crippen molar-refractivity contribution in [3.05, 3.63) is 46.5 Å². The zero-order valence-electron chi connectivity index (χ0n) is 14.3. The predicted octanol–water partition coefficient (Wildman–Crippen LogP) is 1.38. The van der Waals surface area contributed by atoms with Crippen molar-refractivity contribution in [2.24, 2.45) is 11.7 Å².